The highest BCUT2D eigenvalue weighted by atomic mass is 16.6. The van der Waals surface area contributed by atoms with Gasteiger partial charge < -0.3 is 4.90 Å². The molecule has 114 valence electrons. The number of hydrogen-bond donors (Lipinski definition) is 0. The van der Waals surface area contributed by atoms with Crippen LogP contribution in [0.3, 0.4) is 0 Å². The quantitative estimate of drug-likeness (QED) is 0.598. The third-order valence-corrected chi connectivity index (χ3v) is 4.32. The van der Waals surface area contributed by atoms with Gasteiger partial charge in [-0.1, -0.05) is 50.6 Å². The zero-order chi connectivity index (χ0) is 15.4. The molecule has 0 N–H and O–H groups in total. The molecule has 1 amide bonds. The number of carbonyl (C=O) groups is 1. The molecule has 1 saturated heterocycles. The van der Waals surface area contributed by atoms with Gasteiger partial charge in [-0.3, -0.25) is 14.9 Å². The van der Waals surface area contributed by atoms with Crippen molar-refractivity contribution in [2.24, 2.45) is 0 Å². The second-order valence-electron chi connectivity index (χ2n) is 5.69. The predicted octanol–water partition coefficient (Wildman–Crippen LogP) is 2.84. The summed E-state index contributed by atoms with van der Waals surface area (Å²) in [6.07, 6.45) is 1.88. The molecule has 5 nitrogen and oxygen atoms in total. The van der Waals surface area contributed by atoms with E-state index >= 15 is 0 Å². The van der Waals surface area contributed by atoms with Crippen LogP contribution in [0, 0.1) is 10.1 Å². The lowest BCUT2D eigenvalue weighted by atomic mass is 9.89. The number of carbonyl (C=O) groups excluding carboxylic acids is 1. The van der Waals surface area contributed by atoms with Crippen molar-refractivity contribution in [3.8, 4) is 0 Å². The Morgan fingerprint density at radius 1 is 1.38 bits per heavy atom. The summed E-state index contributed by atoms with van der Waals surface area (Å²) in [4.78, 5) is 24.9. The second kappa shape index (κ2) is 6.70. The minimum atomic E-state index is -0.801. The zero-order valence-electron chi connectivity index (χ0n) is 12.6. The molecule has 21 heavy (non-hydrogen) atoms. The Morgan fingerprint density at radius 2 is 2.05 bits per heavy atom. The van der Waals surface area contributed by atoms with Crippen LogP contribution in [-0.4, -0.2) is 34.4 Å². The van der Waals surface area contributed by atoms with Crippen LogP contribution in [0.25, 0.3) is 0 Å². The van der Waals surface area contributed by atoms with E-state index < -0.39 is 6.04 Å². The van der Waals surface area contributed by atoms with Crippen LogP contribution < -0.4 is 0 Å². The maximum Gasteiger partial charge on any atom is 0.242 e. The van der Waals surface area contributed by atoms with E-state index in [1.165, 1.54) is 0 Å². The fraction of sp³-hybridized carbons (Fsp3) is 0.562. The molecule has 1 aliphatic rings. The molecule has 1 aromatic rings. The topological polar surface area (TPSA) is 63.5 Å². The molecule has 0 saturated carbocycles. The summed E-state index contributed by atoms with van der Waals surface area (Å²) in [6, 6.07) is 8.59. The molecule has 0 spiro atoms. The Kier molecular flexibility index (Phi) is 4.94. The van der Waals surface area contributed by atoms with Crippen LogP contribution in [-0.2, 0) is 4.79 Å². The summed E-state index contributed by atoms with van der Waals surface area (Å²) in [7, 11) is 0. The van der Waals surface area contributed by atoms with Gasteiger partial charge in [0, 0.05) is 17.4 Å². The van der Waals surface area contributed by atoms with E-state index in [0.717, 1.165) is 18.4 Å². The van der Waals surface area contributed by atoms with Gasteiger partial charge in [0.15, 0.2) is 0 Å². The molecule has 1 aromatic carbocycles. The highest BCUT2D eigenvalue weighted by molar-refractivity contribution is 5.80. The van der Waals surface area contributed by atoms with Crippen LogP contribution >= 0.6 is 0 Å². The van der Waals surface area contributed by atoms with Gasteiger partial charge in [0.1, 0.15) is 6.04 Å². The van der Waals surface area contributed by atoms with Crippen LogP contribution in [0.1, 0.15) is 44.6 Å². The number of rotatable bonds is 6. The van der Waals surface area contributed by atoms with Crippen LogP contribution in [0.2, 0.25) is 0 Å². The van der Waals surface area contributed by atoms with Crippen LogP contribution in [0.5, 0.6) is 0 Å². The van der Waals surface area contributed by atoms with Gasteiger partial charge in [0.2, 0.25) is 11.9 Å². The first kappa shape index (κ1) is 15.5. The molecule has 0 bridgehead atoms. The van der Waals surface area contributed by atoms with Gasteiger partial charge in [-0.25, -0.2) is 0 Å². The fourth-order valence-corrected chi connectivity index (χ4v) is 3.15. The van der Waals surface area contributed by atoms with Crippen molar-refractivity contribution >= 4 is 5.91 Å². The van der Waals surface area contributed by atoms with E-state index in [9.17, 15) is 14.9 Å². The first-order valence-corrected chi connectivity index (χ1v) is 7.54. The highest BCUT2D eigenvalue weighted by Gasteiger charge is 2.49. The van der Waals surface area contributed by atoms with Gasteiger partial charge in [-0.15, -0.1) is 0 Å². The third-order valence-electron chi connectivity index (χ3n) is 4.32. The predicted molar refractivity (Wildman–Crippen MR) is 80.7 cm³/mol. The molecular formula is C16H22N2O3. The molecule has 1 unspecified atom stereocenters. The van der Waals surface area contributed by atoms with E-state index in [-0.39, 0.29) is 29.2 Å². The minimum Gasteiger partial charge on any atom is -0.332 e. The Hall–Kier alpha value is -1.91. The van der Waals surface area contributed by atoms with E-state index in [1.54, 1.807) is 4.90 Å². The lowest BCUT2D eigenvalue weighted by molar-refractivity contribution is -0.525. The van der Waals surface area contributed by atoms with Crippen molar-refractivity contribution in [2.75, 3.05) is 6.54 Å². The molecule has 1 heterocycles. The minimum absolute atomic E-state index is 0.0263. The molecule has 1 aliphatic heterocycles. The summed E-state index contributed by atoms with van der Waals surface area (Å²) in [5.41, 5.74) is 1.05. The molecule has 1 fully saturated rings. The maximum atomic E-state index is 12.2. The molecule has 0 radical (unpaired) electrons. The number of hydrogen-bond acceptors (Lipinski definition) is 3. The van der Waals surface area contributed by atoms with Crippen LogP contribution in [0.15, 0.2) is 30.3 Å². The van der Waals surface area contributed by atoms with Crippen molar-refractivity contribution in [2.45, 2.75) is 51.1 Å². The van der Waals surface area contributed by atoms with E-state index in [4.69, 9.17) is 0 Å². The van der Waals surface area contributed by atoms with Gasteiger partial charge in [-0.2, -0.15) is 0 Å². The number of nitro groups is 1. The van der Waals surface area contributed by atoms with Gasteiger partial charge in [0.25, 0.3) is 0 Å². The largest absolute Gasteiger partial charge is 0.332 e. The Bertz CT molecular complexity index is 504. The van der Waals surface area contributed by atoms with E-state index in [2.05, 4.69) is 6.92 Å². The van der Waals surface area contributed by atoms with Gasteiger partial charge in [0.05, 0.1) is 6.42 Å². The summed E-state index contributed by atoms with van der Waals surface area (Å²) in [5.74, 6) is -0.122. The monoisotopic (exact) mass is 290 g/mol. The van der Waals surface area contributed by atoms with E-state index in [1.807, 2.05) is 37.3 Å². The van der Waals surface area contributed by atoms with Crippen LogP contribution in [0.4, 0.5) is 0 Å². The summed E-state index contributed by atoms with van der Waals surface area (Å²) < 4.78 is 0. The molecular weight excluding hydrogens is 268 g/mol. The Morgan fingerprint density at radius 3 is 2.62 bits per heavy atom. The summed E-state index contributed by atoms with van der Waals surface area (Å²) in [5, 5.41) is 11.3. The van der Waals surface area contributed by atoms with Crippen molar-refractivity contribution in [3.63, 3.8) is 0 Å². The average Bonchev–Trinajstić information content (AvgIpc) is 2.82. The lowest BCUT2D eigenvalue weighted by Gasteiger charge is -2.30. The van der Waals surface area contributed by atoms with Crippen molar-refractivity contribution < 1.29 is 9.72 Å². The standard InChI is InChI=1S/C16H22N2O3/c1-3-4-10-17-15(19)11-14(18(20)21)16(17)12(2)13-8-6-5-7-9-13/h5-9,12,14,16H,3-4,10-11H2,1-2H3/t12?,14-,16+/m0/s1. The highest BCUT2D eigenvalue weighted by Crippen LogP contribution is 2.33. The van der Waals surface area contributed by atoms with E-state index in [0.29, 0.717) is 6.54 Å². The van der Waals surface area contributed by atoms with Crippen molar-refractivity contribution in [1.29, 1.82) is 0 Å². The fourth-order valence-electron chi connectivity index (χ4n) is 3.15. The first-order valence-electron chi connectivity index (χ1n) is 7.54. The second-order valence-corrected chi connectivity index (χ2v) is 5.69. The SMILES string of the molecule is CCCCN1C(=O)C[C@H]([N+](=O)[O-])[C@H]1C(C)c1ccccc1. The van der Waals surface area contributed by atoms with Crippen molar-refractivity contribution in [3.05, 3.63) is 46.0 Å². The number of nitrogens with zero attached hydrogens (tertiary/aromatic N) is 2. The number of likely N-dealkylation sites (tertiary alicyclic amines) is 1. The smallest absolute Gasteiger partial charge is 0.242 e. The Labute approximate surface area is 125 Å². The zero-order valence-corrected chi connectivity index (χ0v) is 12.6. The number of benzene rings is 1. The van der Waals surface area contributed by atoms with Gasteiger partial charge in [-0.05, 0) is 12.0 Å². The lowest BCUT2D eigenvalue weighted by Crippen LogP contribution is -2.43. The normalized spacial score (nSPS) is 23.3. The average molecular weight is 290 g/mol. The molecule has 3 atom stereocenters. The number of unbranched alkanes of at least 4 members (excludes halogenated alkanes) is 1. The Balaban J connectivity index is 2.28. The molecule has 0 aromatic heterocycles. The van der Waals surface area contributed by atoms with Crippen molar-refractivity contribution in [1.82, 2.24) is 4.90 Å². The maximum absolute atomic E-state index is 12.2. The summed E-state index contributed by atoms with van der Waals surface area (Å²) >= 11 is 0. The molecule has 0 aliphatic carbocycles. The first-order chi connectivity index (χ1) is 10.1. The summed E-state index contributed by atoms with van der Waals surface area (Å²) in [6.45, 7) is 4.65. The number of amides is 1. The molecule has 5 heteroatoms. The van der Waals surface area contributed by atoms with Gasteiger partial charge >= 0.3 is 0 Å². The third kappa shape index (κ3) is 3.23. The molecule has 2 rings (SSSR count).